The van der Waals surface area contributed by atoms with Crippen molar-refractivity contribution in [3.8, 4) is 40.1 Å². The summed E-state index contributed by atoms with van der Waals surface area (Å²) >= 11 is 0. The van der Waals surface area contributed by atoms with Crippen LogP contribution in [0.3, 0.4) is 0 Å². The first-order valence-corrected chi connectivity index (χ1v) is 13.2. The van der Waals surface area contributed by atoms with Crippen LogP contribution in [0.2, 0.25) is 0 Å². The Labute approximate surface area is 236 Å². The minimum Gasteiger partial charge on any atom is -0.504 e. The van der Waals surface area contributed by atoms with Crippen molar-refractivity contribution in [3.63, 3.8) is 0 Å². The Balaban J connectivity index is 1.75. The lowest BCUT2D eigenvalue weighted by molar-refractivity contribution is -0.133. The number of amides is 1. The van der Waals surface area contributed by atoms with Gasteiger partial charge in [-0.05, 0) is 24.7 Å². The molecule has 0 bridgehead atoms. The Hall–Kier alpha value is -4.70. The zero-order chi connectivity index (χ0) is 29.3. The third kappa shape index (κ3) is 5.26. The smallest absolute Gasteiger partial charge is 0.223 e. The van der Waals surface area contributed by atoms with Crippen LogP contribution >= 0.6 is 0 Å². The average Bonchev–Trinajstić information content (AvgIpc) is 2.99. The molecule has 0 aliphatic carbocycles. The molecular formula is C31H32N2O8. The molecule has 41 heavy (non-hydrogen) atoms. The zero-order valence-electron chi connectivity index (χ0n) is 23.1. The fraction of sp³-hybridized carbons (Fsp3) is 0.290. The number of carbonyl (C=O) groups excluding carboxylic acids is 1. The Morgan fingerprint density at radius 3 is 2.24 bits per heavy atom. The van der Waals surface area contributed by atoms with E-state index in [0.29, 0.717) is 35.7 Å². The quantitative estimate of drug-likeness (QED) is 0.288. The summed E-state index contributed by atoms with van der Waals surface area (Å²) < 4.78 is 17.1. The van der Waals surface area contributed by atoms with Crippen molar-refractivity contribution < 1.29 is 34.0 Å². The Bertz CT molecular complexity index is 1640. The number of carbonyl (C=O) groups is 1. The molecule has 1 saturated heterocycles. The third-order valence-electron chi connectivity index (χ3n) is 7.58. The molecule has 214 valence electrons. The molecule has 0 saturated carbocycles. The lowest BCUT2D eigenvalue weighted by Crippen LogP contribution is -2.47. The summed E-state index contributed by atoms with van der Waals surface area (Å²) in [5, 5.41) is 32.5. The van der Waals surface area contributed by atoms with Gasteiger partial charge in [-0.3, -0.25) is 9.59 Å². The number of phenols is 3. The van der Waals surface area contributed by atoms with Gasteiger partial charge in [-0.2, -0.15) is 0 Å². The number of aromatic hydroxyl groups is 3. The van der Waals surface area contributed by atoms with E-state index in [1.54, 1.807) is 47.4 Å². The molecule has 1 aliphatic rings. The van der Waals surface area contributed by atoms with Crippen LogP contribution in [0.5, 0.6) is 28.7 Å². The number of rotatable bonds is 7. The van der Waals surface area contributed by atoms with Crippen LogP contribution in [-0.4, -0.2) is 78.5 Å². The molecule has 3 N–H and O–H groups in total. The summed E-state index contributed by atoms with van der Waals surface area (Å²) in [4.78, 5) is 30.9. The molecule has 1 fully saturated rings. The minimum atomic E-state index is -0.898. The summed E-state index contributed by atoms with van der Waals surface area (Å²) in [7, 11) is 4.98. The van der Waals surface area contributed by atoms with Crippen LogP contribution in [0, 0.1) is 0 Å². The monoisotopic (exact) mass is 560 g/mol. The summed E-state index contributed by atoms with van der Waals surface area (Å²) in [5.41, 5.74) is 0.394. The Morgan fingerprint density at radius 2 is 1.59 bits per heavy atom. The first-order valence-electron chi connectivity index (χ1n) is 13.2. The van der Waals surface area contributed by atoms with E-state index in [9.17, 15) is 24.9 Å². The number of benzene rings is 3. The molecule has 1 aliphatic heterocycles. The third-order valence-corrected chi connectivity index (χ3v) is 7.58. The van der Waals surface area contributed by atoms with Crippen LogP contribution in [-0.2, 0) is 4.79 Å². The maximum absolute atomic E-state index is 13.7. The average molecular weight is 561 g/mol. The Morgan fingerprint density at radius 1 is 0.902 bits per heavy atom. The number of methoxy groups -OCH3 is 2. The normalized spacial score (nSPS) is 14.7. The number of fused-ring (bicyclic) bond motifs is 1. The van der Waals surface area contributed by atoms with Gasteiger partial charge in [0.25, 0.3) is 0 Å². The number of nitrogens with zero attached hydrogens (tertiary/aromatic N) is 2. The lowest BCUT2D eigenvalue weighted by atomic mass is 9.85. The lowest BCUT2D eigenvalue weighted by Gasteiger charge is -2.33. The van der Waals surface area contributed by atoms with E-state index in [-0.39, 0.29) is 34.6 Å². The molecule has 10 heteroatoms. The number of hydrogen-bond donors (Lipinski definition) is 3. The van der Waals surface area contributed by atoms with Crippen LogP contribution in [0.15, 0.2) is 63.8 Å². The minimum absolute atomic E-state index is 0.000112. The van der Waals surface area contributed by atoms with Crippen molar-refractivity contribution in [1.29, 1.82) is 0 Å². The molecule has 5 rings (SSSR count). The van der Waals surface area contributed by atoms with Gasteiger partial charge < -0.3 is 39.0 Å². The predicted octanol–water partition coefficient (Wildman–Crippen LogP) is 3.89. The van der Waals surface area contributed by atoms with Gasteiger partial charge in [0.1, 0.15) is 16.7 Å². The zero-order valence-corrected chi connectivity index (χ0v) is 23.1. The summed E-state index contributed by atoms with van der Waals surface area (Å²) in [6, 6.07) is 15.2. The predicted molar refractivity (Wildman–Crippen MR) is 153 cm³/mol. The maximum Gasteiger partial charge on any atom is 0.223 e. The molecule has 1 aromatic heterocycles. The maximum atomic E-state index is 13.7. The summed E-state index contributed by atoms with van der Waals surface area (Å²) in [6.45, 7) is 2.51. The Kier molecular flexibility index (Phi) is 7.76. The molecule has 3 aromatic carbocycles. The second-order valence-electron chi connectivity index (χ2n) is 10.1. The van der Waals surface area contributed by atoms with E-state index < -0.39 is 28.6 Å². The van der Waals surface area contributed by atoms with Crippen LogP contribution in [0.25, 0.3) is 22.3 Å². The van der Waals surface area contributed by atoms with Crippen molar-refractivity contribution >= 4 is 16.9 Å². The van der Waals surface area contributed by atoms with Crippen molar-refractivity contribution in [2.24, 2.45) is 0 Å². The first kappa shape index (κ1) is 27.9. The molecule has 0 unspecified atom stereocenters. The van der Waals surface area contributed by atoms with Crippen molar-refractivity contribution in [2.75, 3.05) is 47.4 Å². The highest BCUT2D eigenvalue weighted by Crippen LogP contribution is 2.50. The van der Waals surface area contributed by atoms with E-state index >= 15 is 0 Å². The number of piperazine rings is 1. The van der Waals surface area contributed by atoms with Crippen LogP contribution in [0.1, 0.15) is 23.5 Å². The molecule has 1 atom stereocenters. The number of ether oxygens (including phenoxy) is 2. The molecule has 1 amide bonds. The van der Waals surface area contributed by atoms with Crippen LogP contribution < -0.4 is 14.9 Å². The van der Waals surface area contributed by atoms with E-state index in [1.807, 2.05) is 13.1 Å². The van der Waals surface area contributed by atoms with Gasteiger partial charge in [-0.1, -0.05) is 36.4 Å². The molecule has 2 heterocycles. The van der Waals surface area contributed by atoms with E-state index in [2.05, 4.69) is 4.90 Å². The molecule has 10 nitrogen and oxygen atoms in total. The molecule has 0 spiro atoms. The molecule has 0 radical (unpaired) electrons. The number of likely N-dealkylation sites (N-methyl/N-ethyl adjacent to an activating group) is 1. The highest BCUT2D eigenvalue weighted by molar-refractivity contribution is 5.94. The highest BCUT2D eigenvalue weighted by atomic mass is 16.5. The second kappa shape index (κ2) is 11.4. The number of hydrogen-bond acceptors (Lipinski definition) is 9. The summed E-state index contributed by atoms with van der Waals surface area (Å²) in [6.07, 6.45) is -0.120. The number of phenolic OH excluding ortho intramolecular Hbond substituents is 3. The molecular weight excluding hydrogens is 528 g/mol. The van der Waals surface area contributed by atoms with E-state index in [1.165, 1.54) is 20.3 Å². The van der Waals surface area contributed by atoms with Gasteiger partial charge in [-0.25, -0.2) is 0 Å². The van der Waals surface area contributed by atoms with Crippen LogP contribution in [0.4, 0.5) is 0 Å². The van der Waals surface area contributed by atoms with Gasteiger partial charge >= 0.3 is 0 Å². The topological polar surface area (TPSA) is 133 Å². The van der Waals surface area contributed by atoms with Crippen molar-refractivity contribution in [1.82, 2.24) is 9.80 Å². The summed E-state index contributed by atoms with van der Waals surface area (Å²) in [5.74, 6) is -2.39. The van der Waals surface area contributed by atoms with E-state index in [0.717, 1.165) is 13.1 Å². The van der Waals surface area contributed by atoms with Gasteiger partial charge in [0.05, 0.1) is 14.2 Å². The fourth-order valence-corrected chi connectivity index (χ4v) is 5.26. The second-order valence-corrected chi connectivity index (χ2v) is 10.1. The fourth-order valence-electron chi connectivity index (χ4n) is 5.26. The van der Waals surface area contributed by atoms with Crippen molar-refractivity contribution in [3.05, 3.63) is 75.9 Å². The standard InChI is InChI=1S/C31H32N2O8/c1-32-11-13-33(14-12-32)25(35)16-20(19-9-10-22(39-2)24(15-19)40-3)26-28(36)30(38)29(37)27-21(34)17-23(41-31(26)27)18-7-5-4-6-8-18/h4-10,15,17,20,36-38H,11-14,16H2,1-3H3/t20-/m0/s1. The van der Waals surface area contributed by atoms with Gasteiger partial charge in [0, 0.05) is 55.7 Å². The van der Waals surface area contributed by atoms with Gasteiger partial charge in [0.15, 0.2) is 28.4 Å². The first-order chi connectivity index (χ1) is 19.7. The van der Waals surface area contributed by atoms with Crippen molar-refractivity contribution in [2.45, 2.75) is 12.3 Å². The largest absolute Gasteiger partial charge is 0.504 e. The van der Waals surface area contributed by atoms with Gasteiger partial charge in [-0.15, -0.1) is 0 Å². The van der Waals surface area contributed by atoms with Gasteiger partial charge in [0.2, 0.25) is 11.7 Å². The molecule has 4 aromatic rings. The highest BCUT2D eigenvalue weighted by Gasteiger charge is 2.33. The SMILES string of the molecule is COc1ccc([C@H](CC(=O)N2CCN(C)CC2)c2c(O)c(O)c(O)c3c(=O)cc(-c4ccccc4)oc23)cc1OC. The van der Waals surface area contributed by atoms with E-state index in [4.69, 9.17) is 13.9 Å².